The largest absolute Gasteiger partial charge is 0.495 e. The lowest BCUT2D eigenvalue weighted by atomic mass is 9.95. The number of hydrogen-bond donors (Lipinski definition) is 0. The van der Waals surface area contributed by atoms with Crippen LogP contribution in [-0.2, 0) is 9.63 Å². The lowest BCUT2D eigenvalue weighted by Gasteiger charge is -2.34. The Kier molecular flexibility index (Phi) is 5.31. The van der Waals surface area contributed by atoms with Crippen LogP contribution in [-0.4, -0.2) is 45.3 Å². The first-order chi connectivity index (χ1) is 10.1. The number of anilines is 1. The highest BCUT2D eigenvalue weighted by Crippen LogP contribution is 2.31. The predicted molar refractivity (Wildman–Crippen MR) is 82.7 cm³/mol. The molecule has 1 aromatic carbocycles. The van der Waals surface area contributed by atoms with Crippen molar-refractivity contribution < 1.29 is 14.4 Å². The molecule has 1 amide bonds. The van der Waals surface area contributed by atoms with Crippen LogP contribution in [0.3, 0.4) is 0 Å². The van der Waals surface area contributed by atoms with Gasteiger partial charge < -0.3 is 9.64 Å². The van der Waals surface area contributed by atoms with E-state index in [4.69, 9.17) is 21.2 Å². The molecule has 0 saturated carbocycles. The van der Waals surface area contributed by atoms with Crippen molar-refractivity contribution in [3.8, 4) is 5.75 Å². The summed E-state index contributed by atoms with van der Waals surface area (Å²) in [4.78, 5) is 19.3. The fraction of sp³-hybridized carbons (Fsp3) is 0.533. The summed E-state index contributed by atoms with van der Waals surface area (Å²) in [5.41, 5.74) is 1.07. The molecule has 0 aliphatic carbocycles. The van der Waals surface area contributed by atoms with Gasteiger partial charge in [0.1, 0.15) is 5.75 Å². The summed E-state index contributed by atoms with van der Waals surface area (Å²) in [6.07, 6.45) is 1.63. The minimum absolute atomic E-state index is 0.0281. The molecule has 1 aliphatic rings. The minimum Gasteiger partial charge on any atom is -0.495 e. The number of hydrogen-bond acceptors (Lipinski definition) is 4. The molecule has 0 N–H and O–H groups in total. The number of hydroxylamine groups is 2. The van der Waals surface area contributed by atoms with E-state index in [9.17, 15) is 4.79 Å². The predicted octanol–water partition coefficient (Wildman–Crippen LogP) is 2.58. The smallest absolute Gasteiger partial charge is 0.249 e. The monoisotopic (exact) mass is 312 g/mol. The molecule has 0 spiro atoms. The summed E-state index contributed by atoms with van der Waals surface area (Å²) in [5, 5.41) is 1.92. The fourth-order valence-electron chi connectivity index (χ4n) is 2.58. The molecule has 1 aromatic rings. The maximum Gasteiger partial charge on any atom is 0.249 e. The number of carbonyl (C=O) groups excluding carboxylic acids is 1. The van der Waals surface area contributed by atoms with E-state index in [0.29, 0.717) is 10.8 Å². The number of ether oxygens (including phenoxy) is 1. The van der Waals surface area contributed by atoms with Crippen molar-refractivity contribution in [2.45, 2.75) is 12.8 Å². The Hall–Kier alpha value is -1.46. The van der Waals surface area contributed by atoms with Crippen LogP contribution in [0.4, 0.5) is 5.69 Å². The third-order valence-corrected chi connectivity index (χ3v) is 4.24. The number of piperidine rings is 1. The van der Waals surface area contributed by atoms with E-state index in [1.165, 1.54) is 12.2 Å². The molecule has 116 valence electrons. The minimum atomic E-state index is 0.0281. The summed E-state index contributed by atoms with van der Waals surface area (Å²) >= 11 is 6.04. The second kappa shape index (κ2) is 7.00. The van der Waals surface area contributed by atoms with Crippen molar-refractivity contribution in [2.75, 3.05) is 39.3 Å². The van der Waals surface area contributed by atoms with Crippen LogP contribution in [0, 0.1) is 5.92 Å². The molecular formula is C15H21ClN2O3. The van der Waals surface area contributed by atoms with Gasteiger partial charge in [0.2, 0.25) is 5.91 Å². The standard InChI is InChI=1S/C15H21ClN2O3/c1-17(21-3)15(19)11-6-8-18(9-7-11)12-4-5-13(16)14(10-12)20-2/h4-5,10-11H,6-9H2,1-3H3. The van der Waals surface area contributed by atoms with Gasteiger partial charge in [0.15, 0.2) is 0 Å². The Labute approximate surface area is 130 Å². The number of carbonyl (C=O) groups is 1. The molecule has 0 aromatic heterocycles. The van der Waals surface area contributed by atoms with Gasteiger partial charge in [-0.1, -0.05) is 11.6 Å². The summed E-state index contributed by atoms with van der Waals surface area (Å²) in [7, 11) is 4.77. The van der Waals surface area contributed by atoms with Crippen LogP contribution in [0.2, 0.25) is 5.02 Å². The third-order valence-electron chi connectivity index (χ3n) is 3.93. The second-order valence-corrected chi connectivity index (χ2v) is 5.51. The molecule has 1 saturated heterocycles. The normalized spacial score (nSPS) is 15.9. The molecule has 5 nitrogen and oxygen atoms in total. The maximum atomic E-state index is 12.1. The van der Waals surface area contributed by atoms with E-state index < -0.39 is 0 Å². The fourth-order valence-corrected chi connectivity index (χ4v) is 2.77. The molecule has 1 aliphatic heterocycles. The molecule has 0 radical (unpaired) electrons. The second-order valence-electron chi connectivity index (χ2n) is 5.10. The zero-order chi connectivity index (χ0) is 15.4. The van der Waals surface area contributed by atoms with Crippen LogP contribution in [0.1, 0.15) is 12.8 Å². The first kappa shape index (κ1) is 15.9. The van der Waals surface area contributed by atoms with Crippen LogP contribution in [0.15, 0.2) is 18.2 Å². The van der Waals surface area contributed by atoms with Crippen LogP contribution >= 0.6 is 11.6 Å². The van der Waals surface area contributed by atoms with Gasteiger partial charge >= 0.3 is 0 Å². The molecule has 1 fully saturated rings. The van der Waals surface area contributed by atoms with Gasteiger partial charge in [-0.15, -0.1) is 0 Å². The van der Waals surface area contributed by atoms with Crippen LogP contribution in [0.5, 0.6) is 5.75 Å². The number of benzene rings is 1. The van der Waals surface area contributed by atoms with Crippen LogP contribution < -0.4 is 9.64 Å². The number of rotatable bonds is 4. The Bertz CT molecular complexity index is 502. The summed E-state index contributed by atoms with van der Waals surface area (Å²) in [5.74, 6) is 0.748. The van der Waals surface area contributed by atoms with Crippen molar-refractivity contribution in [1.82, 2.24) is 5.06 Å². The summed E-state index contributed by atoms with van der Waals surface area (Å²) in [6.45, 7) is 1.66. The van der Waals surface area contributed by atoms with Gasteiger partial charge in [-0.2, -0.15) is 0 Å². The molecule has 0 unspecified atom stereocenters. The van der Waals surface area contributed by atoms with Crippen molar-refractivity contribution in [1.29, 1.82) is 0 Å². The number of methoxy groups -OCH3 is 1. The van der Waals surface area contributed by atoms with E-state index >= 15 is 0 Å². The zero-order valence-corrected chi connectivity index (χ0v) is 13.4. The van der Waals surface area contributed by atoms with Crippen LogP contribution in [0.25, 0.3) is 0 Å². The van der Waals surface area contributed by atoms with E-state index in [-0.39, 0.29) is 11.8 Å². The van der Waals surface area contributed by atoms with Gasteiger partial charge in [-0.25, -0.2) is 5.06 Å². The molecule has 1 heterocycles. The van der Waals surface area contributed by atoms with E-state index in [0.717, 1.165) is 31.6 Å². The Morgan fingerprint density at radius 2 is 2.00 bits per heavy atom. The summed E-state index contributed by atoms with van der Waals surface area (Å²) in [6, 6.07) is 5.76. The van der Waals surface area contributed by atoms with Gasteiger partial charge in [0, 0.05) is 37.8 Å². The molecule has 0 bridgehead atoms. The number of amides is 1. The molecule has 6 heteroatoms. The number of nitrogens with zero attached hydrogens (tertiary/aromatic N) is 2. The van der Waals surface area contributed by atoms with E-state index in [1.54, 1.807) is 14.2 Å². The Morgan fingerprint density at radius 3 is 2.57 bits per heavy atom. The zero-order valence-electron chi connectivity index (χ0n) is 12.6. The van der Waals surface area contributed by atoms with Gasteiger partial charge in [-0.3, -0.25) is 9.63 Å². The average molecular weight is 313 g/mol. The highest BCUT2D eigenvalue weighted by atomic mass is 35.5. The lowest BCUT2D eigenvalue weighted by molar-refractivity contribution is -0.174. The topological polar surface area (TPSA) is 42.0 Å². The molecule has 21 heavy (non-hydrogen) atoms. The Balaban J connectivity index is 1.99. The highest BCUT2D eigenvalue weighted by Gasteiger charge is 2.27. The van der Waals surface area contributed by atoms with Crippen molar-refractivity contribution in [3.05, 3.63) is 23.2 Å². The SMILES string of the molecule is COc1cc(N2CCC(C(=O)N(C)OC)CC2)ccc1Cl. The van der Waals surface area contributed by atoms with Gasteiger partial charge in [0.05, 0.1) is 19.2 Å². The quantitative estimate of drug-likeness (QED) is 0.801. The first-order valence-corrected chi connectivity index (χ1v) is 7.34. The summed E-state index contributed by atoms with van der Waals surface area (Å²) < 4.78 is 5.25. The Morgan fingerprint density at radius 1 is 1.33 bits per heavy atom. The van der Waals surface area contributed by atoms with Gasteiger partial charge in [-0.05, 0) is 25.0 Å². The number of halogens is 1. The maximum absolute atomic E-state index is 12.1. The average Bonchev–Trinajstić information content (AvgIpc) is 2.54. The van der Waals surface area contributed by atoms with E-state index in [2.05, 4.69) is 4.90 Å². The third kappa shape index (κ3) is 3.60. The van der Waals surface area contributed by atoms with Crippen molar-refractivity contribution >= 4 is 23.2 Å². The van der Waals surface area contributed by atoms with Gasteiger partial charge in [0.25, 0.3) is 0 Å². The van der Waals surface area contributed by atoms with Crippen molar-refractivity contribution in [2.24, 2.45) is 5.92 Å². The molecule has 0 atom stereocenters. The molecular weight excluding hydrogens is 292 g/mol. The highest BCUT2D eigenvalue weighted by molar-refractivity contribution is 6.32. The lowest BCUT2D eigenvalue weighted by Crippen LogP contribution is -2.41. The first-order valence-electron chi connectivity index (χ1n) is 6.97. The van der Waals surface area contributed by atoms with Crippen molar-refractivity contribution in [3.63, 3.8) is 0 Å². The molecule has 2 rings (SSSR count). The van der Waals surface area contributed by atoms with E-state index in [1.807, 2.05) is 18.2 Å².